The average molecular weight is 335 g/mol. The van der Waals surface area contributed by atoms with E-state index in [1.807, 2.05) is 65.4 Å². The fourth-order valence-corrected chi connectivity index (χ4v) is 2.54. The maximum atomic E-state index is 12.0. The number of nitrogens with one attached hydrogen (secondary N) is 1. The Labute approximate surface area is 147 Å². The van der Waals surface area contributed by atoms with Gasteiger partial charge in [0.1, 0.15) is 5.75 Å². The number of amides is 1. The lowest BCUT2D eigenvalue weighted by Crippen LogP contribution is -2.23. The SMILES string of the molecule is O=C(CCCOc1ccccc1)NCc1ccccc1-n1ccnc1. The van der Waals surface area contributed by atoms with Crippen molar-refractivity contribution in [2.45, 2.75) is 19.4 Å². The van der Waals surface area contributed by atoms with Crippen molar-refractivity contribution in [2.75, 3.05) is 6.61 Å². The number of carbonyl (C=O) groups is 1. The molecule has 0 bridgehead atoms. The highest BCUT2D eigenvalue weighted by Crippen LogP contribution is 2.14. The predicted molar refractivity (Wildman–Crippen MR) is 96.6 cm³/mol. The van der Waals surface area contributed by atoms with Gasteiger partial charge in [0.2, 0.25) is 5.91 Å². The quantitative estimate of drug-likeness (QED) is 0.642. The molecule has 0 saturated carbocycles. The van der Waals surface area contributed by atoms with Gasteiger partial charge in [0.25, 0.3) is 0 Å². The Morgan fingerprint density at radius 1 is 1.08 bits per heavy atom. The number of para-hydroxylation sites is 2. The van der Waals surface area contributed by atoms with Gasteiger partial charge in [-0.15, -0.1) is 0 Å². The molecule has 0 aliphatic rings. The molecule has 0 saturated heterocycles. The van der Waals surface area contributed by atoms with Crippen LogP contribution in [0.2, 0.25) is 0 Å². The van der Waals surface area contributed by atoms with Crippen LogP contribution in [0.3, 0.4) is 0 Å². The number of hydrogen-bond donors (Lipinski definition) is 1. The van der Waals surface area contributed by atoms with E-state index in [0.29, 0.717) is 26.0 Å². The van der Waals surface area contributed by atoms with Gasteiger partial charge in [0, 0.05) is 25.4 Å². The van der Waals surface area contributed by atoms with Gasteiger partial charge in [-0.1, -0.05) is 36.4 Å². The second kappa shape index (κ2) is 8.68. The van der Waals surface area contributed by atoms with Crippen LogP contribution in [-0.2, 0) is 11.3 Å². The highest BCUT2D eigenvalue weighted by atomic mass is 16.5. The molecule has 0 aliphatic heterocycles. The van der Waals surface area contributed by atoms with Crippen molar-refractivity contribution < 1.29 is 9.53 Å². The molecule has 5 nitrogen and oxygen atoms in total. The smallest absolute Gasteiger partial charge is 0.220 e. The van der Waals surface area contributed by atoms with Gasteiger partial charge in [0.05, 0.1) is 18.6 Å². The topological polar surface area (TPSA) is 56.1 Å². The highest BCUT2D eigenvalue weighted by Gasteiger charge is 2.06. The number of imidazole rings is 1. The zero-order valence-electron chi connectivity index (χ0n) is 14.0. The Bertz CT molecular complexity index is 786. The summed E-state index contributed by atoms with van der Waals surface area (Å²) < 4.78 is 7.54. The summed E-state index contributed by atoms with van der Waals surface area (Å²) in [6.07, 6.45) is 6.51. The molecule has 1 heterocycles. The van der Waals surface area contributed by atoms with Crippen LogP contribution in [0.5, 0.6) is 5.75 Å². The second-order valence-corrected chi connectivity index (χ2v) is 5.64. The number of hydrogen-bond acceptors (Lipinski definition) is 3. The van der Waals surface area contributed by atoms with Crippen LogP contribution >= 0.6 is 0 Å². The first kappa shape index (κ1) is 16.8. The molecule has 1 aromatic heterocycles. The van der Waals surface area contributed by atoms with Crippen molar-refractivity contribution in [2.24, 2.45) is 0 Å². The summed E-state index contributed by atoms with van der Waals surface area (Å²) in [5.74, 6) is 0.856. The van der Waals surface area contributed by atoms with Gasteiger partial charge in [-0.2, -0.15) is 0 Å². The van der Waals surface area contributed by atoms with E-state index in [1.54, 1.807) is 12.5 Å². The minimum Gasteiger partial charge on any atom is -0.494 e. The molecule has 25 heavy (non-hydrogen) atoms. The number of nitrogens with zero attached hydrogens (tertiary/aromatic N) is 2. The molecule has 3 aromatic rings. The maximum absolute atomic E-state index is 12.0. The fraction of sp³-hybridized carbons (Fsp3) is 0.200. The molecule has 0 atom stereocenters. The molecule has 0 radical (unpaired) electrons. The standard InChI is InChI=1S/C20H21N3O2/c24-20(11-6-14-25-18-8-2-1-3-9-18)22-15-17-7-4-5-10-19(17)23-13-12-21-16-23/h1-5,7-10,12-13,16H,6,11,14-15H2,(H,22,24). The molecule has 5 heteroatoms. The van der Waals surface area contributed by atoms with Crippen molar-refractivity contribution >= 4 is 5.91 Å². The molecule has 2 aromatic carbocycles. The third-order valence-electron chi connectivity index (χ3n) is 3.81. The third kappa shape index (κ3) is 4.94. The summed E-state index contributed by atoms with van der Waals surface area (Å²) in [5.41, 5.74) is 2.07. The summed E-state index contributed by atoms with van der Waals surface area (Å²) in [6, 6.07) is 17.6. The summed E-state index contributed by atoms with van der Waals surface area (Å²) in [5, 5.41) is 2.97. The van der Waals surface area contributed by atoms with E-state index >= 15 is 0 Å². The summed E-state index contributed by atoms with van der Waals surface area (Å²) in [7, 11) is 0. The van der Waals surface area contributed by atoms with E-state index in [1.165, 1.54) is 0 Å². The van der Waals surface area contributed by atoms with Crippen molar-refractivity contribution in [3.8, 4) is 11.4 Å². The van der Waals surface area contributed by atoms with Crippen molar-refractivity contribution in [1.82, 2.24) is 14.9 Å². The van der Waals surface area contributed by atoms with Crippen molar-refractivity contribution in [3.63, 3.8) is 0 Å². The van der Waals surface area contributed by atoms with Crippen LogP contribution in [0, 0.1) is 0 Å². The molecule has 1 N–H and O–H groups in total. The Balaban J connectivity index is 1.44. The first-order valence-electron chi connectivity index (χ1n) is 8.34. The number of ether oxygens (including phenoxy) is 1. The molecule has 3 rings (SSSR count). The van der Waals surface area contributed by atoms with Crippen molar-refractivity contribution in [1.29, 1.82) is 0 Å². The lowest BCUT2D eigenvalue weighted by molar-refractivity contribution is -0.121. The summed E-state index contributed by atoms with van der Waals surface area (Å²) in [6.45, 7) is 1.02. The largest absolute Gasteiger partial charge is 0.494 e. The van der Waals surface area contributed by atoms with E-state index in [-0.39, 0.29) is 5.91 Å². The molecule has 1 amide bonds. The first-order valence-corrected chi connectivity index (χ1v) is 8.34. The van der Waals surface area contributed by atoms with E-state index < -0.39 is 0 Å². The molecule has 0 fully saturated rings. The maximum Gasteiger partial charge on any atom is 0.220 e. The first-order chi connectivity index (χ1) is 12.3. The minimum absolute atomic E-state index is 0.0251. The van der Waals surface area contributed by atoms with Gasteiger partial charge < -0.3 is 14.6 Å². The Hall–Kier alpha value is -3.08. The molecular weight excluding hydrogens is 314 g/mol. The monoisotopic (exact) mass is 335 g/mol. The van der Waals surface area contributed by atoms with Crippen LogP contribution in [0.4, 0.5) is 0 Å². The van der Waals surface area contributed by atoms with E-state index in [0.717, 1.165) is 17.0 Å². The van der Waals surface area contributed by atoms with Gasteiger partial charge >= 0.3 is 0 Å². The molecule has 0 spiro atoms. The number of carbonyl (C=O) groups excluding carboxylic acids is 1. The predicted octanol–water partition coefficient (Wildman–Crippen LogP) is 3.35. The summed E-state index contributed by atoms with van der Waals surface area (Å²) >= 11 is 0. The zero-order valence-corrected chi connectivity index (χ0v) is 14.0. The molecule has 0 unspecified atom stereocenters. The number of benzene rings is 2. The van der Waals surface area contributed by atoms with E-state index in [9.17, 15) is 4.79 Å². The lowest BCUT2D eigenvalue weighted by atomic mass is 10.1. The van der Waals surface area contributed by atoms with Crippen LogP contribution in [0.1, 0.15) is 18.4 Å². The van der Waals surface area contributed by atoms with E-state index in [2.05, 4.69) is 10.3 Å². The van der Waals surface area contributed by atoms with Crippen LogP contribution in [0.15, 0.2) is 73.3 Å². The van der Waals surface area contributed by atoms with Gasteiger partial charge in [0.15, 0.2) is 0 Å². The minimum atomic E-state index is 0.0251. The molecule has 128 valence electrons. The van der Waals surface area contributed by atoms with Crippen LogP contribution in [-0.4, -0.2) is 22.1 Å². The third-order valence-corrected chi connectivity index (χ3v) is 3.81. The van der Waals surface area contributed by atoms with Gasteiger partial charge in [-0.05, 0) is 30.2 Å². The normalized spacial score (nSPS) is 10.4. The molecular formula is C20H21N3O2. The fourth-order valence-electron chi connectivity index (χ4n) is 2.54. The zero-order chi connectivity index (χ0) is 17.3. The van der Waals surface area contributed by atoms with Crippen LogP contribution < -0.4 is 10.1 Å². The summed E-state index contributed by atoms with van der Waals surface area (Å²) in [4.78, 5) is 16.1. The Morgan fingerprint density at radius 3 is 2.68 bits per heavy atom. The lowest BCUT2D eigenvalue weighted by Gasteiger charge is -2.11. The van der Waals surface area contributed by atoms with Crippen molar-refractivity contribution in [3.05, 3.63) is 78.9 Å². The van der Waals surface area contributed by atoms with E-state index in [4.69, 9.17) is 4.74 Å². The Morgan fingerprint density at radius 2 is 1.88 bits per heavy atom. The van der Waals surface area contributed by atoms with Gasteiger partial charge in [-0.3, -0.25) is 4.79 Å². The average Bonchev–Trinajstić information content (AvgIpc) is 3.19. The van der Waals surface area contributed by atoms with Gasteiger partial charge in [-0.25, -0.2) is 4.98 Å². The highest BCUT2D eigenvalue weighted by molar-refractivity contribution is 5.75. The van der Waals surface area contributed by atoms with Crippen LogP contribution in [0.25, 0.3) is 5.69 Å². The second-order valence-electron chi connectivity index (χ2n) is 5.64. The Kier molecular flexibility index (Phi) is 5.82. The molecule has 0 aliphatic carbocycles. The number of aromatic nitrogens is 2. The number of rotatable bonds is 8.